The molecule has 10 heteroatoms. The van der Waals surface area contributed by atoms with Crippen LogP contribution in [0.2, 0.25) is 0 Å². The van der Waals surface area contributed by atoms with E-state index in [-0.39, 0.29) is 34.8 Å². The van der Waals surface area contributed by atoms with E-state index in [0.717, 1.165) is 5.69 Å². The van der Waals surface area contributed by atoms with Crippen LogP contribution >= 0.6 is 0 Å². The number of hydrogen-bond donors (Lipinski definition) is 1. The summed E-state index contributed by atoms with van der Waals surface area (Å²) in [6.45, 7) is 2.56. The predicted molar refractivity (Wildman–Crippen MR) is 109 cm³/mol. The van der Waals surface area contributed by atoms with Crippen molar-refractivity contribution < 1.29 is 13.7 Å². The van der Waals surface area contributed by atoms with Gasteiger partial charge in [0.25, 0.3) is 5.89 Å². The smallest absolute Gasteiger partial charge is 0.265 e. The first-order chi connectivity index (χ1) is 14.6. The second kappa shape index (κ2) is 8.11. The number of aromatic nitrogens is 5. The van der Waals surface area contributed by atoms with Crippen LogP contribution in [0.3, 0.4) is 0 Å². The van der Waals surface area contributed by atoms with Gasteiger partial charge >= 0.3 is 0 Å². The average Bonchev–Trinajstić information content (AvgIpc) is 3.24. The Morgan fingerprint density at radius 1 is 1.00 bits per heavy atom. The molecule has 0 amide bonds. The number of para-hydroxylation sites is 1. The molecule has 4 aromatic rings. The van der Waals surface area contributed by atoms with Crippen molar-refractivity contribution in [3.63, 3.8) is 0 Å². The Kier molecular flexibility index (Phi) is 5.21. The van der Waals surface area contributed by atoms with E-state index < -0.39 is 5.82 Å². The maximum Gasteiger partial charge on any atom is 0.265 e. The monoisotopic (exact) mass is 407 g/mol. The van der Waals surface area contributed by atoms with Crippen molar-refractivity contribution in [2.45, 2.75) is 6.92 Å². The molecular formula is C20H18FN7O2. The molecule has 0 spiro atoms. The highest BCUT2D eigenvalue weighted by atomic mass is 19.1. The summed E-state index contributed by atoms with van der Waals surface area (Å²) in [4.78, 5) is 18.9. The number of nitrogens with zero attached hydrogens (tertiary/aromatic N) is 6. The van der Waals surface area contributed by atoms with Crippen molar-refractivity contribution in [3.05, 3.63) is 54.3 Å². The van der Waals surface area contributed by atoms with Crippen LogP contribution in [-0.2, 0) is 0 Å². The molecule has 4 rings (SSSR count). The Morgan fingerprint density at radius 3 is 2.53 bits per heavy atom. The zero-order valence-electron chi connectivity index (χ0n) is 16.3. The average molecular weight is 407 g/mol. The highest BCUT2D eigenvalue weighted by molar-refractivity contribution is 5.65. The minimum Gasteiger partial charge on any atom is -0.496 e. The number of nitrogen functional groups attached to an aromatic ring is 1. The first-order valence-electron chi connectivity index (χ1n) is 9.11. The van der Waals surface area contributed by atoms with Gasteiger partial charge in [0.05, 0.1) is 7.11 Å². The fraction of sp³-hybridized carbons (Fsp3) is 0.150. The summed E-state index contributed by atoms with van der Waals surface area (Å²) in [5.41, 5.74) is 6.85. The maximum atomic E-state index is 14.3. The number of anilines is 3. The summed E-state index contributed by atoms with van der Waals surface area (Å²) in [6.07, 6.45) is 0. The van der Waals surface area contributed by atoms with Gasteiger partial charge in [0.15, 0.2) is 0 Å². The Hall–Kier alpha value is -4.08. The standard InChI is InChI=1S/C20H18FN7O2/c1-3-28(12-8-5-4-6-9-12)20-25-16(24-19(22)26-20)17-23-18(30-27-17)15-13(21)10-7-11-14(15)29-2/h4-11H,3H2,1-2H3,(H2,22,24,25,26). The van der Waals surface area contributed by atoms with Crippen LogP contribution in [0.15, 0.2) is 53.1 Å². The molecule has 0 unspecified atom stereocenters. The van der Waals surface area contributed by atoms with Crippen LogP contribution in [0.1, 0.15) is 6.92 Å². The molecular weight excluding hydrogens is 389 g/mol. The minimum absolute atomic E-state index is 0.000738. The molecule has 30 heavy (non-hydrogen) atoms. The fourth-order valence-electron chi connectivity index (χ4n) is 2.95. The lowest BCUT2D eigenvalue weighted by Gasteiger charge is -2.20. The van der Waals surface area contributed by atoms with E-state index in [9.17, 15) is 4.39 Å². The fourth-order valence-corrected chi connectivity index (χ4v) is 2.95. The lowest BCUT2D eigenvalue weighted by molar-refractivity contribution is 0.401. The third-order valence-electron chi connectivity index (χ3n) is 4.30. The number of halogens is 1. The summed E-state index contributed by atoms with van der Waals surface area (Å²) >= 11 is 0. The first kappa shape index (κ1) is 19.2. The van der Waals surface area contributed by atoms with Gasteiger partial charge in [-0.05, 0) is 31.2 Å². The van der Waals surface area contributed by atoms with Gasteiger partial charge in [-0.25, -0.2) is 4.39 Å². The van der Waals surface area contributed by atoms with Gasteiger partial charge in [-0.2, -0.15) is 19.9 Å². The molecule has 0 saturated carbocycles. The van der Waals surface area contributed by atoms with Crippen LogP contribution in [0.5, 0.6) is 5.75 Å². The van der Waals surface area contributed by atoms with Crippen LogP contribution in [0.25, 0.3) is 23.1 Å². The number of nitrogens with two attached hydrogens (primary N) is 1. The molecule has 2 aromatic heterocycles. The number of benzene rings is 2. The molecule has 0 atom stereocenters. The van der Waals surface area contributed by atoms with E-state index in [1.807, 2.05) is 42.2 Å². The summed E-state index contributed by atoms with van der Waals surface area (Å²) in [7, 11) is 1.43. The van der Waals surface area contributed by atoms with Gasteiger partial charge in [-0.15, -0.1) is 0 Å². The van der Waals surface area contributed by atoms with Crippen molar-refractivity contribution in [3.8, 4) is 28.9 Å². The molecule has 0 aliphatic rings. The van der Waals surface area contributed by atoms with Crippen LogP contribution in [0.4, 0.5) is 22.0 Å². The van der Waals surface area contributed by atoms with E-state index in [1.54, 1.807) is 6.07 Å². The molecule has 0 radical (unpaired) electrons. The molecule has 0 aliphatic heterocycles. The van der Waals surface area contributed by atoms with Gasteiger partial charge in [-0.1, -0.05) is 29.4 Å². The predicted octanol–water partition coefficient (Wildman–Crippen LogP) is 3.48. The van der Waals surface area contributed by atoms with Gasteiger partial charge in [0.1, 0.15) is 17.1 Å². The molecule has 0 bridgehead atoms. The first-order valence-corrected chi connectivity index (χ1v) is 9.11. The van der Waals surface area contributed by atoms with Crippen molar-refractivity contribution in [2.75, 3.05) is 24.3 Å². The highest BCUT2D eigenvalue weighted by Crippen LogP contribution is 2.32. The SMILES string of the molecule is CCN(c1ccccc1)c1nc(N)nc(-c2noc(-c3c(F)cccc3OC)n2)n1. The van der Waals surface area contributed by atoms with Crippen molar-refractivity contribution in [2.24, 2.45) is 0 Å². The van der Waals surface area contributed by atoms with E-state index in [0.29, 0.717) is 12.5 Å². The third-order valence-corrected chi connectivity index (χ3v) is 4.30. The van der Waals surface area contributed by atoms with Gasteiger partial charge < -0.3 is 19.9 Å². The molecule has 2 aromatic carbocycles. The zero-order valence-corrected chi connectivity index (χ0v) is 16.3. The number of rotatable bonds is 6. The number of ether oxygens (including phenoxy) is 1. The summed E-state index contributed by atoms with van der Waals surface area (Å²) in [6, 6.07) is 14.0. The lowest BCUT2D eigenvalue weighted by atomic mass is 10.2. The maximum absolute atomic E-state index is 14.3. The number of hydrogen-bond acceptors (Lipinski definition) is 9. The Balaban J connectivity index is 1.75. The van der Waals surface area contributed by atoms with E-state index >= 15 is 0 Å². The van der Waals surface area contributed by atoms with Crippen LogP contribution in [0, 0.1) is 5.82 Å². The minimum atomic E-state index is -0.554. The Bertz CT molecular complexity index is 1170. The Labute approximate surface area is 171 Å². The van der Waals surface area contributed by atoms with Gasteiger partial charge in [0.2, 0.25) is 23.5 Å². The molecule has 2 N–H and O–H groups in total. The molecule has 0 saturated heterocycles. The van der Waals surface area contributed by atoms with E-state index in [4.69, 9.17) is 15.0 Å². The normalized spacial score (nSPS) is 10.8. The van der Waals surface area contributed by atoms with Gasteiger partial charge in [0, 0.05) is 12.2 Å². The zero-order chi connectivity index (χ0) is 21.1. The largest absolute Gasteiger partial charge is 0.496 e. The van der Waals surface area contributed by atoms with Crippen molar-refractivity contribution in [1.82, 2.24) is 25.1 Å². The third kappa shape index (κ3) is 3.62. The molecule has 9 nitrogen and oxygen atoms in total. The van der Waals surface area contributed by atoms with E-state index in [1.165, 1.54) is 19.2 Å². The summed E-state index contributed by atoms with van der Waals surface area (Å²) < 4.78 is 24.8. The number of methoxy groups -OCH3 is 1. The highest BCUT2D eigenvalue weighted by Gasteiger charge is 2.22. The van der Waals surface area contributed by atoms with Crippen LogP contribution < -0.4 is 15.4 Å². The molecule has 152 valence electrons. The van der Waals surface area contributed by atoms with E-state index in [2.05, 4.69) is 25.1 Å². The topological polar surface area (TPSA) is 116 Å². The second-order valence-corrected chi connectivity index (χ2v) is 6.14. The molecule has 0 aliphatic carbocycles. The van der Waals surface area contributed by atoms with Crippen LogP contribution in [-0.4, -0.2) is 38.7 Å². The second-order valence-electron chi connectivity index (χ2n) is 6.14. The Morgan fingerprint density at radius 2 is 1.80 bits per heavy atom. The molecule has 2 heterocycles. The quantitative estimate of drug-likeness (QED) is 0.513. The van der Waals surface area contributed by atoms with Crippen molar-refractivity contribution in [1.29, 1.82) is 0 Å². The molecule has 0 fully saturated rings. The van der Waals surface area contributed by atoms with Gasteiger partial charge in [-0.3, -0.25) is 0 Å². The lowest BCUT2D eigenvalue weighted by Crippen LogP contribution is -2.20. The summed E-state index contributed by atoms with van der Waals surface area (Å²) in [5, 5.41) is 3.88. The summed E-state index contributed by atoms with van der Waals surface area (Å²) in [5.74, 6) is 0.145. The van der Waals surface area contributed by atoms with Crippen molar-refractivity contribution >= 4 is 17.6 Å².